The predicted octanol–water partition coefficient (Wildman–Crippen LogP) is 11.7. The molecule has 0 saturated heterocycles. The molecular formula is C41H26N2O2. The van der Waals surface area contributed by atoms with Gasteiger partial charge >= 0.3 is 0 Å². The molecule has 0 spiro atoms. The van der Waals surface area contributed by atoms with Gasteiger partial charge in [-0.2, -0.15) is 0 Å². The summed E-state index contributed by atoms with van der Waals surface area (Å²) < 4.78 is 12.3. The van der Waals surface area contributed by atoms with E-state index in [-0.39, 0.29) is 0 Å². The van der Waals surface area contributed by atoms with Crippen molar-refractivity contribution in [3.8, 4) is 22.3 Å². The predicted molar refractivity (Wildman–Crippen MR) is 184 cm³/mol. The molecule has 3 aromatic heterocycles. The molecule has 4 heteroatoms. The normalized spacial score (nSPS) is 11.6. The van der Waals surface area contributed by atoms with Gasteiger partial charge < -0.3 is 13.7 Å². The smallest absolute Gasteiger partial charge is 0.154 e. The van der Waals surface area contributed by atoms with Crippen LogP contribution in [0.25, 0.3) is 66.3 Å². The Balaban J connectivity index is 1.14. The average molecular weight is 579 g/mol. The first-order chi connectivity index (χ1) is 22.3. The Kier molecular flexibility index (Phi) is 5.78. The number of hydrogen-bond acceptors (Lipinski definition) is 4. The van der Waals surface area contributed by atoms with Crippen molar-refractivity contribution in [2.45, 2.75) is 0 Å². The molecule has 0 aliphatic carbocycles. The number of benzene rings is 6. The Labute approximate surface area is 259 Å². The fraction of sp³-hybridized carbons (Fsp3) is 0. The third-order valence-electron chi connectivity index (χ3n) is 8.52. The summed E-state index contributed by atoms with van der Waals surface area (Å²) in [5.41, 5.74) is 11.9. The maximum atomic E-state index is 6.15. The summed E-state index contributed by atoms with van der Waals surface area (Å²) in [4.78, 5) is 7.06. The van der Waals surface area contributed by atoms with Gasteiger partial charge in [0.05, 0.1) is 0 Å². The standard InChI is InChI=1S/C41H26N2O2/c1-2-8-27(9-3-1)28-14-18-31(19-15-28)43(33-22-23-39-36(25-33)34-10-4-6-12-37(34)44-39)32-20-16-29(17-21-32)30-24-40-41(42-26-30)35-11-5-7-13-38(35)45-40/h1-26H. The van der Waals surface area contributed by atoms with E-state index in [2.05, 4.69) is 114 Å². The highest BCUT2D eigenvalue weighted by atomic mass is 16.3. The second kappa shape index (κ2) is 10.2. The van der Waals surface area contributed by atoms with Crippen LogP contribution in [0.15, 0.2) is 167 Å². The van der Waals surface area contributed by atoms with Gasteiger partial charge in [0, 0.05) is 45.0 Å². The lowest BCUT2D eigenvalue weighted by atomic mass is 10.0. The first kappa shape index (κ1) is 25.4. The SMILES string of the molecule is c1ccc(-c2ccc(N(c3ccc(-c4cnc5c(c4)oc4ccccc45)cc3)c3ccc4oc5ccccc5c4c3)cc2)cc1. The molecule has 0 radical (unpaired) electrons. The molecule has 0 amide bonds. The van der Waals surface area contributed by atoms with Crippen LogP contribution in [0.1, 0.15) is 0 Å². The lowest BCUT2D eigenvalue weighted by Crippen LogP contribution is -2.09. The molecule has 45 heavy (non-hydrogen) atoms. The van der Waals surface area contributed by atoms with Crippen molar-refractivity contribution >= 4 is 61.1 Å². The van der Waals surface area contributed by atoms with Crippen molar-refractivity contribution in [1.82, 2.24) is 4.98 Å². The lowest BCUT2D eigenvalue weighted by molar-refractivity contribution is 0.668. The molecule has 9 aromatic rings. The van der Waals surface area contributed by atoms with Crippen LogP contribution in [0.2, 0.25) is 0 Å². The zero-order valence-electron chi connectivity index (χ0n) is 24.2. The second-order valence-corrected chi connectivity index (χ2v) is 11.2. The van der Waals surface area contributed by atoms with Gasteiger partial charge in [0.25, 0.3) is 0 Å². The zero-order valence-corrected chi connectivity index (χ0v) is 24.2. The number of hydrogen-bond donors (Lipinski definition) is 0. The quantitative estimate of drug-likeness (QED) is 0.204. The fourth-order valence-electron chi connectivity index (χ4n) is 6.29. The van der Waals surface area contributed by atoms with Gasteiger partial charge in [-0.05, 0) is 83.4 Å². The monoisotopic (exact) mass is 578 g/mol. The Bertz CT molecular complexity index is 2470. The number of pyridine rings is 1. The largest absolute Gasteiger partial charge is 0.456 e. The molecule has 0 aliphatic rings. The zero-order chi connectivity index (χ0) is 29.7. The van der Waals surface area contributed by atoms with Crippen molar-refractivity contribution in [3.05, 3.63) is 158 Å². The first-order valence-electron chi connectivity index (χ1n) is 15.0. The van der Waals surface area contributed by atoms with E-state index in [4.69, 9.17) is 13.8 Å². The van der Waals surface area contributed by atoms with E-state index in [1.54, 1.807) is 0 Å². The first-order valence-corrected chi connectivity index (χ1v) is 15.0. The van der Waals surface area contributed by atoms with Crippen LogP contribution < -0.4 is 4.90 Å². The Morgan fingerprint density at radius 1 is 0.378 bits per heavy atom. The molecule has 4 nitrogen and oxygen atoms in total. The minimum atomic E-state index is 0.790. The number of para-hydroxylation sites is 2. The van der Waals surface area contributed by atoms with Crippen molar-refractivity contribution in [3.63, 3.8) is 0 Å². The molecule has 9 rings (SSSR count). The van der Waals surface area contributed by atoms with Crippen LogP contribution in [-0.2, 0) is 0 Å². The summed E-state index contributed by atoms with van der Waals surface area (Å²) in [6.45, 7) is 0. The van der Waals surface area contributed by atoms with Gasteiger partial charge in [-0.1, -0.05) is 84.9 Å². The summed E-state index contributed by atoms with van der Waals surface area (Å²) in [5.74, 6) is 0. The molecule has 0 atom stereocenters. The molecule has 0 saturated carbocycles. The van der Waals surface area contributed by atoms with Gasteiger partial charge in [0.1, 0.15) is 22.3 Å². The van der Waals surface area contributed by atoms with Gasteiger partial charge in [-0.3, -0.25) is 4.98 Å². The summed E-state index contributed by atoms with van der Waals surface area (Å²) in [7, 11) is 0. The van der Waals surface area contributed by atoms with E-state index in [0.29, 0.717) is 0 Å². The van der Waals surface area contributed by atoms with Gasteiger partial charge in [0.2, 0.25) is 0 Å². The van der Waals surface area contributed by atoms with Crippen LogP contribution in [0.4, 0.5) is 17.1 Å². The van der Waals surface area contributed by atoms with E-state index in [0.717, 1.165) is 72.2 Å². The van der Waals surface area contributed by atoms with E-state index in [1.165, 1.54) is 11.1 Å². The highest BCUT2D eigenvalue weighted by molar-refractivity contribution is 6.06. The number of fused-ring (bicyclic) bond motifs is 6. The van der Waals surface area contributed by atoms with Crippen LogP contribution >= 0.6 is 0 Å². The van der Waals surface area contributed by atoms with Crippen molar-refractivity contribution in [2.75, 3.05) is 4.90 Å². The molecule has 0 N–H and O–H groups in total. The van der Waals surface area contributed by atoms with Gasteiger partial charge in [0.15, 0.2) is 5.58 Å². The van der Waals surface area contributed by atoms with Crippen LogP contribution in [0.5, 0.6) is 0 Å². The lowest BCUT2D eigenvalue weighted by Gasteiger charge is -2.26. The Morgan fingerprint density at radius 3 is 1.64 bits per heavy atom. The van der Waals surface area contributed by atoms with E-state index < -0.39 is 0 Å². The summed E-state index contributed by atoms with van der Waals surface area (Å²) in [5, 5.41) is 3.24. The average Bonchev–Trinajstić information content (AvgIpc) is 3.67. The maximum Gasteiger partial charge on any atom is 0.154 e. The highest BCUT2D eigenvalue weighted by Crippen LogP contribution is 2.40. The molecule has 0 aliphatic heterocycles. The van der Waals surface area contributed by atoms with Crippen LogP contribution in [-0.4, -0.2) is 4.98 Å². The Hall–Kier alpha value is -6.13. The second-order valence-electron chi connectivity index (χ2n) is 11.2. The third-order valence-corrected chi connectivity index (χ3v) is 8.52. The van der Waals surface area contributed by atoms with Crippen molar-refractivity contribution < 1.29 is 8.83 Å². The topological polar surface area (TPSA) is 42.4 Å². The summed E-state index contributed by atoms with van der Waals surface area (Å²) in [6, 6.07) is 52.6. The molecule has 212 valence electrons. The van der Waals surface area contributed by atoms with Gasteiger partial charge in [-0.25, -0.2) is 0 Å². The fourth-order valence-corrected chi connectivity index (χ4v) is 6.29. The molecule has 6 aromatic carbocycles. The molecule has 3 heterocycles. The van der Waals surface area contributed by atoms with Crippen LogP contribution in [0.3, 0.4) is 0 Å². The van der Waals surface area contributed by atoms with E-state index in [9.17, 15) is 0 Å². The summed E-state index contributed by atoms with van der Waals surface area (Å²) in [6.07, 6.45) is 1.93. The number of rotatable bonds is 5. The number of furan rings is 2. The number of aromatic nitrogens is 1. The van der Waals surface area contributed by atoms with E-state index >= 15 is 0 Å². The third kappa shape index (κ3) is 4.35. The minimum Gasteiger partial charge on any atom is -0.456 e. The summed E-state index contributed by atoms with van der Waals surface area (Å²) >= 11 is 0. The maximum absolute atomic E-state index is 6.15. The molecule has 0 unspecified atom stereocenters. The number of nitrogens with zero attached hydrogens (tertiary/aromatic N) is 2. The van der Waals surface area contributed by atoms with Crippen molar-refractivity contribution in [1.29, 1.82) is 0 Å². The Morgan fingerprint density at radius 2 is 0.911 bits per heavy atom. The van der Waals surface area contributed by atoms with E-state index in [1.807, 2.05) is 48.7 Å². The molecular weight excluding hydrogens is 552 g/mol. The minimum absolute atomic E-state index is 0.790. The van der Waals surface area contributed by atoms with Crippen LogP contribution in [0, 0.1) is 0 Å². The van der Waals surface area contributed by atoms with Crippen molar-refractivity contribution in [2.24, 2.45) is 0 Å². The molecule has 0 bridgehead atoms. The molecule has 0 fully saturated rings. The van der Waals surface area contributed by atoms with Gasteiger partial charge in [-0.15, -0.1) is 0 Å². The highest BCUT2D eigenvalue weighted by Gasteiger charge is 2.16. The number of anilines is 3.